The van der Waals surface area contributed by atoms with Gasteiger partial charge in [0.1, 0.15) is 5.82 Å². The minimum Gasteiger partial charge on any atom is -0.399 e. The number of rotatable bonds is 5. The summed E-state index contributed by atoms with van der Waals surface area (Å²) >= 11 is 0. The molecule has 16 heavy (non-hydrogen) atoms. The molecule has 0 fully saturated rings. The molecule has 0 saturated heterocycles. The first-order chi connectivity index (χ1) is 7.52. The average molecular weight is 243 g/mol. The van der Waals surface area contributed by atoms with Gasteiger partial charge in [0.15, 0.2) is 0 Å². The second-order valence-electron chi connectivity index (χ2n) is 4.13. The van der Waals surface area contributed by atoms with Crippen LogP contribution < -0.4 is 5.73 Å². The molecule has 0 aliphatic rings. The van der Waals surface area contributed by atoms with Crippen LogP contribution in [0.4, 0.5) is 10.1 Å². The van der Waals surface area contributed by atoms with Crippen molar-refractivity contribution >= 4 is 16.5 Å². The Morgan fingerprint density at radius 3 is 2.69 bits per heavy atom. The minimum atomic E-state index is -1.16. The molecule has 2 atom stereocenters. The molecule has 90 valence electrons. The van der Waals surface area contributed by atoms with Gasteiger partial charge in [-0.05, 0) is 24.1 Å². The van der Waals surface area contributed by atoms with Crippen LogP contribution in [0.3, 0.4) is 0 Å². The molecule has 0 bridgehead atoms. The number of halogens is 1. The summed E-state index contributed by atoms with van der Waals surface area (Å²) in [6.07, 6.45) is 2.11. The highest BCUT2D eigenvalue weighted by Gasteiger charge is 2.10. The van der Waals surface area contributed by atoms with Gasteiger partial charge in [0.25, 0.3) is 0 Å². The molecule has 2 N–H and O–H groups in total. The van der Waals surface area contributed by atoms with Crippen molar-refractivity contribution in [3.8, 4) is 0 Å². The van der Waals surface area contributed by atoms with Crippen LogP contribution in [0, 0.1) is 11.7 Å². The second-order valence-corrected chi connectivity index (χ2v) is 5.62. The Labute approximate surface area is 98.5 Å². The lowest BCUT2D eigenvalue weighted by atomic mass is 10.1. The summed E-state index contributed by atoms with van der Waals surface area (Å²) in [5.74, 6) is 0.526. The Morgan fingerprint density at radius 2 is 2.12 bits per heavy atom. The summed E-state index contributed by atoms with van der Waals surface area (Å²) in [6, 6.07) is 4.11. The molecule has 0 aliphatic carbocycles. The van der Waals surface area contributed by atoms with Gasteiger partial charge in [0.2, 0.25) is 0 Å². The maximum Gasteiger partial charge on any atom is 0.126 e. The maximum atomic E-state index is 13.1. The van der Waals surface area contributed by atoms with Gasteiger partial charge in [-0.1, -0.05) is 26.7 Å². The van der Waals surface area contributed by atoms with Crippen molar-refractivity contribution in [1.82, 2.24) is 0 Å². The SMILES string of the molecule is CCCC(C)CS(=O)c1cc(N)cc(F)c1. The number of nitrogen functional groups attached to an aromatic ring is 1. The molecule has 0 spiro atoms. The summed E-state index contributed by atoms with van der Waals surface area (Å²) in [5, 5.41) is 0. The van der Waals surface area contributed by atoms with Crippen molar-refractivity contribution in [2.24, 2.45) is 5.92 Å². The van der Waals surface area contributed by atoms with Gasteiger partial charge in [-0.2, -0.15) is 0 Å². The van der Waals surface area contributed by atoms with E-state index >= 15 is 0 Å². The van der Waals surface area contributed by atoms with Crippen molar-refractivity contribution in [3.63, 3.8) is 0 Å². The summed E-state index contributed by atoms with van der Waals surface area (Å²) in [4.78, 5) is 0.487. The lowest BCUT2D eigenvalue weighted by molar-refractivity contribution is 0.573. The van der Waals surface area contributed by atoms with Crippen LogP contribution in [-0.4, -0.2) is 9.96 Å². The third kappa shape index (κ3) is 3.93. The van der Waals surface area contributed by atoms with Crippen molar-refractivity contribution in [1.29, 1.82) is 0 Å². The van der Waals surface area contributed by atoms with E-state index in [0.717, 1.165) is 12.8 Å². The molecule has 0 aliphatic heterocycles. The molecule has 1 aromatic carbocycles. The Balaban J connectivity index is 2.72. The van der Waals surface area contributed by atoms with Crippen LogP contribution in [0.15, 0.2) is 23.1 Å². The number of hydrogen-bond donors (Lipinski definition) is 1. The monoisotopic (exact) mass is 243 g/mol. The highest BCUT2D eigenvalue weighted by molar-refractivity contribution is 7.85. The van der Waals surface area contributed by atoms with E-state index in [9.17, 15) is 8.60 Å². The van der Waals surface area contributed by atoms with Gasteiger partial charge in [-0.3, -0.25) is 4.21 Å². The summed E-state index contributed by atoms with van der Waals surface area (Å²) in [5.41, 5.74) is 5.84. The fourth-order valence-electron chi connectivity index (χ4n) is 1.65. The van der Waals surface area contributed by atoms with Gasteiger partial charge < -0.3 is 5.73 Å². The fraction of sp³-hybridized carbons (Fsp3) is 0.500. The predicted octanol–water partition coefficient (Wildman–Crippen LogP) is 2.95. The van der Waals surface area contributed by atoms with Crippen LogP contribution in [-0.2, 0) is 10.8 Å². The normalized spacial score (nSPS) is 14.7. The number of hydrogen-bond acceptors (Lipinski definition) is 2. The highest BCUT2D eigenvalue weighted by Crippen LogP contribution is 2.17. The predicted molar refractivity (Wildman–Crippen MR) is 66.2 cm³/mol. The molecule has 0 amide bonds. The molecule has 0 aromatic heterocycles. The summed E-state index contributed by atoms with van der Waals surface area (Å²) < 4.78 is 25.0. The molecule has 0 heterocycles. The van der Waals surface area contributed by atoms with E-state index in [4.69, 9.17) is 5.73 Å². The lowest BCUT2D eigenvalue weighted by Crippen LogP contribution is -2.08. The van der Waals surface area contributed by atoms with Crippen molar-refractivity contribution < 1.29 is 8.60 Å². The molecule has 2 nitrogen and oxygen atoms in total. The quantitative estimate of drug-likeness (QED) is 0.808. The van der Waals surface area contributed by atoms with Gasteiger partial charge in [-0.15, -0.1) is 0 Å². The molecule has 4 heteroatoms. The fourth-order valence-corrected chi connectivity index (χ4v) is 3.03. The first-order valence-corrected chi connectivity index (χ1v) is 6.79. The van der Waals surface area contributed by atoms with Crippen LogP contribution in [0.1, 0.15) is 26.7 Å². The first-order valence-electron chi connectivity index (χ1n) is 5.47. The third-order valence-electron chi connectivity index (χ3n) is 2.37. The summed E-state index contributed by atoms with van der Waals surface area (Å²) in [6.45, 7) is 4.16. The van der Waals surface area contributed by atoms with E-state index < -0.39 is 16.6 Å². The number of benzene rings is 1. The Hall–Kier alpha value is -0.900. The van der Waals surface area contributed by atoms with E-state index in [1.165, 1.54) is 12.1 Å². The van der Waals surface area contributed by atoms with Crippen LogP contribution in [0.5, 0.6) is 0 Å². The molecule has 0 saturated carbocycles. The zero-order valence-electron chi connectivity index (χ0n) is 9.70. The van der Waals surface area contributed by atoms with Crippen LogP contribution in [0.2, 0.25) is 0 Å². The Morgan fingerprint density at radius 1 is 1.44 bits per heavy atom. The Kier molecular flexibility index (Phi) is 4.93. The zero-order valence-corrected chi connectivity index (χ0v) is 10.5. The topological polar surface area (TPSA) is 43.1 Å². The molecule has 0 radical (unpaired) electrons. The van der Waals surface area contributed by atoms with Gasteiger partial charge in [-0.25, -0.2) is 4.39 Å². The molecular formula is C12H18FNOS. The number of nitrogens with two attached hydrogens (primary N) is 1. The molecule has 2 unspecified atom stereocenters. The van der Waals surface area contributed by atoms with Crippen molar-refractivity contribution in [3.05, 3.63) is 24.0 Å². The zero-order chi connectivity index (χ0) is 12.1. The van der Waals surface area contributed by atoms with Crippen LogP contribution in [0.25, 0.3) is 0 Å². The van der Waals surface area contributed by atoms with Gasteiger partial charge in [0, 0.05) is 16.3 Å². The standard InChI is InChI=1S/C12H18FNOS/c1-3-4-9(2)8-16(15)12-6-10(13)5-11(14)7-12/h5-7,9H,3-4,8,14H2,1-2H3. The minimum absolute atomic E-state index is 0.325. The average Bonchev–Trinajstić information content (AvgIpc) is 2.16. The lowest BCUT2D eigenvalue weighted by Gasteiger charge is -2.10. The molecular weight excluding hydrogens is 225 g/mol. The van der Waals surface area contributed by atoms with Crippen LogP contribution >= 0.6 is 0 Å². The molecule has 1 rings (SSSR count). The van der Waals surface area contributed by atoms with E-state index in [0.29, 0.717) is 22.3 Å². The smallest absolute Gasteiger partial charge is 0.126 e. The number of anilines is 1. The van der Waals surface area contributed by atoms with E-state index in [2.05, 4.69) is 13.8 Å². The van der Waals surface area contributed by atoms with Crippen molar-refractivity contribution in [2.75, 3.05) is 11.5 Å². The van der Waals surface area contributed by atoms with Gasteiger partial charge in [0.05, 0.1) is 10.8 Å². The van der Waals surface area contributed by atoms with E-state index in [-0.39, 0.29) is 0 Å². The maximum absolute atomic E-state index is 13.1. The van der Waals surface area contributed by atoms with Crippen molar-refractivity contribution in [2.45, 2.75) is 31.6 Å². The highest BCUT2D eigenvalue weighted by atomic mass is 32.2. The largest absolute Gasteiger partial charge is 0.399 e. The second kappa shape index (κ2) is 5.99. The summed E-state index contributed by atoms with van der Waals surface area (Å²) in [7, 11) is -1.16. The van der Waals surface area contributed by atoms with E-state index in [1.54, 1.807) is 6.07 Å². The van der Waals surface area contributed by atoms with Gasteiger partial charge >= 0.3 is 0 Å². The molecule has 1 aromatic rings. The van der Waals surface area contributed by atoms with E-state index in [1.807, 2.05) is 0 Å². The Bertz CT molecular complexity index is 361. The third-order valence-corrected chi connectivity index (χ3v) is 4.01. The first kappa shape index (κ1) is 13.2.